The number of anilines is 1. The molecule has 3 aromatic heterocycles. The standard InChI is InChI=1S/C19H18N6/c1-11(12-2-3-12)24-19-22-9-16-15(8-21-18(16)25-19)13-4-5-17-14(6-13)7-20-10-23-17/h4-12H,2-3H2,1H3,(H2,21,22,24,25)/t11-/m1/s1. The molecule has 2 N–H and O–H groups in total. The van der Waals surface area contributed by atoms with Crippen LogP contribution in [-0.2, 0) is 0 Å². The zero-order chi connectivity index (χ0) is 16.8. The summed E-state index contributed by atoms with van der Waals surface area (Å²) in [6, 6.07) is 6.60. The largest absolute Gasteiger partial charge is 0.351 e. The van der Waals surface area contributed by atoms with Crippen LogP contribution in [0.3, 0.4) is 0 Å². The third kappa shape index (κ3) is 2.59. The minimum atomic E-state index is 0.423. The first-order valence-electron chi connectivity index (χ1n) is 8.59. The molecule has 0 amide bonds. The molecule has 0 saturated heterocycles. The third-order valence-electron chi connectivity index (χ3n) is 4.93. The Hall–Kier alpha value is -3.02. The van der Waals surface area contributed by atoms with Crippen molar-refractivity contribution in [3.63, 3.8) is 0 Å². The van der Waals surface area contributed by atoms with Gasteiger partial charge in [0, 0.05) is 41.0 Å². The van der Waals surface area contributed by atoms with E-state index >= 15 is 0 Å². The summed E-state index contributed by atoms with van der Waals surface area (Å²) in [7, 11) is 0. The van der Waals surface area contributed by atoms with Gasteiger partial charge in [-0.05, 0) is 43.4 Å². The monoisotopic (exact) mass is 330 g/mol. The van der Waals surface area contributed by atoms with Crippen LogP contribution in [-0.4, -0.2) is 31.0 Å². The van der Waals surface area contributed by atoms with Crippen molar-refractivity contribution in [1.82, 2.24) is 24.9 Å². The van der Waals surface area contributed by atoms with Crippen LogP contribution in [0.2, 0.25) is 0 Å². The Bertz CT molecular complexity index is 1070. The highest BCUT2D eigenvalue weighted by atomic mass is 15.1. The van der Waals surface area contributed by atoms with Crippen LogP contribution in [0, 0.1) is 5.92 Å². The molecule has 4 aromatic rings. The van der Waals surface area contributed by atoms with E-state index in [1.807, 2.05) is 24.7 Å². The Kier molecular flexibility index (Phi) is 3.16. The van der Waals surface area contributed by atoms with E-state index in [1.54, 1.807) is 6.33 Å². The van der Waals surface area contributed by atoms with Crippen molar-refractivity contribution in [3.8, 4) is 11.1 Å². The van der Waals surface area contributed by atoms with Gasteiger partial charge in [0.2, 0.25) is 5.95 Å². The van der Waals surface area contributed by atoms with E-state index in [1.165, 1.54) is 12.8 Å². The molecule has 1 aromatic carbocycles. The van der Waals surface area contributed by atoms with Crippen molar-refractivity contribution in [3.05, 3.63) is 43.1 Å². The molecule has 3 heterocycles. The fourth-order valence-electron chi connectivity index (χ4n) is 3.29. The first-order chi connectivity index (χ1) is 12.3. The Morgan fingerprint density at radius 3 is 3.00 bits per heavy atom. The molecule has 124 valence electrons. The number of benzene rings is 1. The quantitative estimate of drug-likeness (QED) is 0.595. The number of fused-ring (bicyclic) bond motifs is 2. The van der Waals surface area contributed by atoms with Gasteiger partial charge in [-0.15, -0.1) is 0 Å². The van der Waals surface area contributed by atoms with Gasteiger partial charge in [0.15, 0.2) is 0 Å². The number of nitrogens with zero attached hydrogens (tertiary/aromatic N) is 4. The van der Waals surface area contributed by atoms with Crippen molar-refractivity contribution in [2.75, 3.05) is 5.32 Å². The zero-order valence-electron chi connectivity index (χ0n) is 13.9. The smallest absolute Gasteiger partial charge is 0.224 e. The SMILES string of the molecule is C[C@@H](Nc1ncc2c(-c3ccc4ncncc4c3)c[nH]c2n1)C1CC1. The molecular weight excluding hydrogens is 312 g/mol. The van der Waals surface area contributed by atoms with E-state index in [0.29, 0.717) is 12.0 Å². The molecule has 0 bridgehead atoms. The average molecular weight is 330 g/mol. The third-order valence-corrected chi connectivity index (χ3v) is 4.93. The first-order valence-corrected chi connectivity index (χ1v) is 8.59. The minimum absolute atomic E-state index is 0.423. The van der Waals surface area contributed by atoms with E-state index < -0.39 is 0 Å². The number of nitrogens with one attached hydrogen (secondary N) is 2. The van der Waals surface area contributed by atoms with Crippen molar-refractivity contribution in [2.45, 2.75) is 25.8 Å². The maximum Gasteiger partial charge on any atom is 0.224 e. The summed E-state index contributed by atoms with van der Waals surface area (Å²) in [5.41, 5.74) is 3.97. The molecule has 1 fully saturated rings. The molecule has 0 aliphatic heterocycles. The summed E-state index contributed by atoms with van der Waals surface area (Å²) >= 11 is 0. The van der Waals surface area contributed by atoms with E-state index in [-0.39, 0.29) is 0 Å². The van der Waals surface area contributed by atoms with E-state index in [0.717, 1.165) is 39.0 Å². The second-order valence-corrected chi connectivity index (χ2v) is 6.73. The molecule has 1 atom stereocenters. The molecule has 1 saturated carbocycles. The van der Waals surface area contributed by atoms with Gasteiger partial charge in [-0.25, -0.2) is 15.0 Å². The van der Waals surface area contributed by atoms with Crippen molar-refractivity contribution >= 4 is 27.9 Å². The molecule has 5 rings (SSSR count). The van der Waals surface area contributed by atoms with Gasteiger partial charge in [0.05, 0.1) is 5.52 Å². The minimum Gasteiger partial charge on any atom is -0.351 e. The second kappa shape index (κ2) is 5.51. The van der Waals surface area contributed by atoms with Crippen molar-refractivity contribution < 1.29 is 0 Å². The van der Waals surface area contributed by atoms with E-state index in [4.69, 9.17) is 0 Å². The second-order valence-electron chi connectivity index (χ2n) is 6.73. The maximum absolute atomic E-state index is 4.63. The van der Waals surface area contributed by atoms with Crippen LogP contribution in [0.25, 0.3) is 33.1 Å². The lowest BCUT2D eigenvalue weighted by Gasteiger charge is -2.12. The van der Waals surface area contributed by atoms with E-state index in [9.17, 15) is 0 Å². The molecule has 0 radical (unpaired) electrons. The predicted octanol–water partition coefficient (Wildman–Crippen LogP) is 3.78. The van der Waals surface area contributed by atoms with Crippen LogP contribution in [0.15, 0.2) is 43.1 Å². The highest BCUT2D eigenvalue weighted by Gasteiger charge is 2.28. The van der Waals surface area contributed by atoms with Crippen LogP contribution >= 0.6 is 0 Å². The number of hydrogen-bond acceptors (Lipinski definition) is 5. The fourth-order valence-corrected chi connectivity index (χ4v) is 3.29. The summed E-state index contributed by atoms with van der Waals surface area (Å²) in [6.07, 6.45) is 9.88. The Balaban J connectivity index is 1.52. The molecule has 1 aliphatic rings. The van der Waals surface area contributed by atoms with Crippen molar-refractivity contribution in [1.29, 1.82) is 0 Å². The number of aromatic amines is 1. The fraction of sp³-hybridized carbons (Fsp3) is 0.263. The lowest BCUT2D eigenvalue weighted by atomic mass is 10.0. The molecular formula is C19H18N6. The van der Waals surface area contributed by atoms with Gasteiger partial charge in [0.1, 0.15) is 12.0 Å². The van der Waals surface area contributed by atoms with Gasteiger partial charge >= 0.3 is 0 Å². The normalized spacial score (nSPS) is 15.6. The molecule has 6 nitrogen and oxygen atoms in total. The van der Waals surface area contributed by atoms with Gasteiger partial charge in [0.25, 0.3) is 0 Å². The molecule has 0 unspecified atom stereocenters. The van der Waals surface area contributed by atoms with Crippen LogP contribution in [0.4, 0.5) is 5.95 Å². The van der Waals surface area contributed by atoms with Gasteiger partial charge in [-0.3, -0.25) is 0 Å². The molecule has 0 spiro atoms. The van der Waals surface area contributed by atoms with Gasteiger partial charge < -0.3 is 10.3 Å². The van der Waals surface area contributed by atoms with Crippen LogP contribution in [0.5, 0.6) is 0 Å². The van der Waals surface area contributed by atoms with Crippen LogP contribution < -0.4 is 5.32 Å². The highest BCUT2D eigenvalue weighted by molar-refractivity contribution is 5.96. The number of hydrogen-bond donors (Lipinski definition) is 2. The number of aromatic nitrogens is 5. The topological polar surface area (TPSA) is 79.4 Å². The summed E-state index contributed by atoms with van der Waals surface area (Å²) in [5.74, 6) is 1.45. The summed E-state index contributed by atoms with van der Waals surface area (Å²) < 4.78 is 0. The maximum atomic E-state index is 4.63. The summed E-state index contributed by atoms with van der Waals surface area (Å²) in [4.78, 5) is 20.8. The number of H-pyrrole nitrogens is 1. The predicted molar refractivity (Wildman–Crippen MR) is 98.2 cm³/mol. The lowest BCUT2D eigenvalue weighted by molar-refractivity contribution is 0.687. The summed E-state index contributed by atoms with van der Waals surface area (Å²) in [6.45, 7) is 2.20. The number of rotatable bonds is 4. The average Bonchev–Trinajstić information content (AvgIpc) is 3.41. The summed E-state index contributed by atoms with van der Waals surface area (Å²) in [5, 5.41) is 5.45. The highest BCUT2D eigenvalue weighted by Crippen LogP contribution is 2.34. The van der Waals surface area contributed by atoms with Crippen LogP contribution in [0.1, 0.15) is 19.8 Å². The Labute approximate surface area is 144 Å². The zero-order valence-corrected chi connectivity index (χ0v) is 13.9. The van der Waals surface area contributed by atoms with E-state index in [2.05, 4.69) is 49.3 Å². The molecule has 1 aliphatic carbocycles. The first kappa shape index (κ1) is 14.3. The molecule has 6 heteroatoms. The van der Waals surface area contributed by atoms with Gasteiger partial charge in [-0.2, -0.15) is 4.98 Å². The lowest BCUT2D eigenvalue weighted by Crippen LogP contribution is -2.18. The van der Waals surface area contributed by atoms with Gasteiger partial charge in [-0.1, -0.05) is 6.07 Å². The van der Waals surface area contributed by atoms with Crippen molar-refractivity contribution in [2.24, 2.45) is 5.92 Å². The molecule has 25 heavy (non-hydrogen) atoms. The Morgan fingerprint density at radius 1 is 1.20 bits per heavy atom. The Morgan fingerprint density at radius 2 is 2.12 bits per heavy atom.